The minimum Gasteiger partial charge on any atom is -0.397 e. The first kappa shape index (κ1) is 96.5. The number of amides is 4. The summed E-state index contributed by atoms with van der Waals surface area (Å²) in [5.74, 6) is -6.47. The third kappa shape index (κ3) is 24.5. The molecule has 3 aliphatic rings. The van der Waals surface area contributed by atoms with Crippen LogP contribution in [0, 0.1) is 0 Å². The number of nitrogens with zero attached hydrogens (tertiary/aromatic N) is 15. The van der Waals surface area contributed by atoms with Crippen LogP contribution in [0.2, 0.25) is 0 Å². The van der Waals surface area contributed by atoms with E-state index in [1.807, 2.05) is 230 Å². The van der Waals surface area contributed by atoms with Crippen LogP contribution in [0.5, 0.6) is 0 Å². The van der Waals surface area contributed by atoms with Crippen LogP contribution in [0.4, 0.5) is 51.7 Å². The van der Waals surface area contributed by atoms with Crippen molar-refractivity contribution in [1.29, 1.82) is 0 Å². The Morgan fingerprint density at radius 1 is 0.299 bits per heavy atom. The lowest BCUT2D eigenvalue weighted by atomic mass is 10.0. The quantitative estimate of drug-likeness (QED) is 0.0240. The number of H-pyrrole nitrogens is 4. The maximum absolute atomic E-state index is 13.6. The molecule has 0 bridgehead atoms. The van der Waals surface area contributed by atoms with Crippen molar-refractivity contribution in [3.05, 3.63) is 420 Å². The Kier molecular flexibility index (Phi) is 29.0. The topological polar surface area (TPSA) is 370 Å². The SMILES string of the molecule is Nc1cncc(-c2ccc3[nH]nc(C(=O)Nc4ccc(Cc5ccccc5)nc4)c3c2)c1.O=C(Nc1ccc(Cc2ccccc2)nc1)c1n[nH]c2ccc(-c3cncc(CN4CCC(F)(F)C4)c3)cc12.O=C(Nc1ccc(Cc2ccccc2)nc1)c1n[nH]c2ccc(-c3cncc(CN4CCC(F)(F)CC4)c3)cc12.O=C(Nc1ccc(Cc2ccccc2)nc1)c1n[nH]c2ccc(-c3cncc(N4CCCC4)c3)cc12. The number of nitrogens with one attached hydrogen (secondary N) is 8. The van der Waals surface area contributed by atoms with Gasteiger partial charge >= 0.3 is 0 Å². The number of alkyl halides is 4. The molecule has 3 aliphatic heterocycles. The number of nitrogen functional groups attached to an aromatic ring is 1. The Morgan fingerprint density at radius 2 is 0.605 bits per heavy atom. The summed E-state index contributed by atoms with van der Waals surface area (Å²) in [5, 5.41) is 43.2. The van der Waals surface area contributed by atoms with Gasteiger partial charge in [-0.25, -0.2) is 17.6 Å². The molecule has 4 amide bonds. The second-order valence-corrected chi connectivity index (χ2v) is 36.7. The van der Waals surface area contributed by atoms with E-state index in [9.17, 15) is 36.7 Å². The lowest BCUT2D eigenvalue weighted by Crippen LogP contribution is -2.38. The molecule has 23 rings (SSSR count). The predicted octanol–water partition coefficient (Wildman–Crippen LogP) is 21.7. The molecule has 0 saturated carbocycles. The first-order valence-corrected chi connectivity index (χ1v) is 48.4. The van der Waals surface area contributed by atoms with Crippen LogP contribution in [-0.2, 0) is 38.8 Å². The summed E-state index contributed by atoms with van der Waals surface area (Å²) in [7, 11) is 0. The predicted molar refractivity (Wildman–Crippen MR) is 563 cm³/mol. The first-order chi connectivity index (χ1) is 71.7. The summed E-state index contributed by atoms with van der Waals surface area (Å²) in [4.78, 5) is 93.7. The van der Waals surface area contributed by atoms with E-state index in [2.05, 4.69) is 161 Å². The molecule has 0 radical (unpaired) electrons. The Balaban J connectivity index is 0.000000119. The lowest BCUT2D eigenvalue weighted by Gasteiger charge is -2.31. The number of pyridine rings is 8. The summed E-state index contributed by atoms with van der Waals surface area (Å²) >= 11 is 0. The zero-order chi connectivity index (χ0) is 101. The molecule has 10 N–H and O–H groups in total. The van der Waals surface area contributed by atoms with Gasteiger partial charge in [-0.2, -0.15) is 20.4 Å². The van der Waals surface area contributed by atoms with Crippen LogP contribution >= 0.6 is 0 Å². The summed E-state index contributed by atoms with van der Waals surface area (Å²) in [6, 6.07) is 86.6. The summed E-state index contributed by atoms with van der Waals surface area (Å²) in [6.45, 7) is 3.97. The zero-order valence-electron chi connectivity index (χ0n) is 79.8. The smallest absolute Gasteiger partial charge is 0.276 e. The van der Waals surface area contributed by atoms with Gasteiger partial charge in [0.1, 0.15) is 0 Å². The first-order valence-electron chi connectivity index (χ1n) is 48.4. The molecule has 0 spiro atoms. The Labute approximate surface area is 842 Å². The van der Waals surface area contributed by atoms with Gasteiger partial charge in [0.2, 0.25) is 0 Å². The van der Waals surface area contributed by atoms with Crippen molar-refractivity contribution in [1.82, 2.24) is 90.5 Å². The number of fused-ring (bicyclic) bond motifs is 4. The van der Waals surface area contributed by atoms with Crippen molar-refractivity contribution >= 4 is 101 Å². The normalized spacial score (nSPS) is 13.8. The van der Waals surface area contributed by atoms with Crippen LogP contribution in [-0.4, -0.2) is 165 Å². The van der Waals surface area contributed by atoms with Gasteiger partial charge in [-0.15, -0.1) is 0 Å². The summed E-state index contributed by atoms with van der Waals surface area (Å²) in [6.07, 6.45) is 25.7. The molecule has 147 heavy (non-hydrogen) atoms. The molecule has 20 aromatic rings. The number of anilines is 6. The number of aromatic amines is 4. The van der Waals surface area contributed by atoms with Gasteiger partial charge in [-0.1, -0.05) is 146 Å². The van der Waals surface area contributed by atoms with Crippen molar-refractivity contribution in [3.8, 4) is 44.5 Å². The number of carbonyl (C=O) groups is 4. The van der Waals surface area contributed by atoms with E-state index in [1.54, 1.807) is 66.9 Å². The van der Waals surface area contributed by atoms with Gasteiger partial charge in [-0.05, 0) is 190 Å². The van der Waals surface area contributed by atoms with Gasteiger partial charge in [0, 0.05) is 201 Å². The van der Waals surface area contributed by atoms with E-state index in [0.29, 0.717) is 96.2 Å². The molecular weight excluding hydrogens is 1860 g/mol. The van der Waals surface area contributed by atoms with E-state index >= 15 is 0 Å². The minimum absolute atomic E-state index is 0.115. The van der Waals surface area contributed by atoms with Gasteiger partial charge < -0.3 is 31.9 Å². The number of halogens is 4. The van der Waals surface area contributed by atoms with Gasteiger partial charge in [0.15, 0.2) is 22.8 Å². The average molecular weight is 1960 g/mol. The van der Waals surface area contributed by atoms with E-state index in [0.717, 1.165) is 143 Å². The maximum atomic E-state index is 13.6. The number of piperidine rings is 1. The van der Waals surface area contributed by atoms with Gasteiger partial charge in [0.25, 0.3) is 35.5 Å². The molecule has 0 unspecified atom stereocenters. The highest BCUT2D eigenvalue weighted by atomic mass is 19.3. The Morgan fingerprint density at radius 3 is 0.925 bits per heavy atom. The fraction of sp³-hybridized carbons (Fsp3) is 0.165. The van der Waals surface area contributed by atoms with Crippen molar-refractivity contribution in [2.24, 2.45) is 0 Å². The Hall–Kier alpha value is -18.0. The zero-order valence-corrected chi connectivity index (χ0v) is 79.8. The molecule has 0 atom stereocenters. The molecule has 0 aliphatic carbocycles. The minimum atomic E-state index is -2.63. The Bertz CT molecular complexity index is 8030. The third-order valence-electron chi connectivity index (χ3n) is 25.9. The number of nitrogens with two attached hydrogens (primary N) is 1. The van der Waals surface area contributed by atoms with E-state index in [1.165, 1.54) is 35.1 Å². The van der Waals surface area contributed by atoms with Crippen molar-refractivity contribution < 1.29 is 36.7 Å². The third-order valence-corrected chi connectivity index (χ3v) is 25.9. The molecule has 32 heteroatoms. The highest BCUT2D eigenvalue weighted by Gasteiger charge is 2.38. The van der Waals surface area contributed by atoms with Crippen LogP contribution in [0.15, 0.2) is 341 Å². The second-order valence-electron chi connectivity index (χ2n) is 36.7. The fourth-order valence-corrected chi connectivity index (χ4v) is 18.2. The molecule has 28 nitrogen and oxygen atoms in total. The monoisotopic (exact) mass is 1960 g/mol. The summed E-state index contributed by atoms with van der Waals surface area (Å²) < 4.78 is 54.2. The van der Waals surface area contributed by atoms with Crippen LogP contribution in [0.3, 0.4) is 0 Å². The summed E-state index contributed by atoms with van der Waals surface area (Å²) in [5.41, 5.74) is 31.7. The van der Waals surface area contributed by atoms with Crippen molar-refractivity contribution in [2.75, 3.05) is 71.2 Å². The van der Waals surface area contributed by atoms with E-state index in [-0.39, 0.29) is 60.8 Å². The standard InChI is InChI=1S/C31H28F2N6O.C30H26F2N6O.C29H26N6O.C25H20N6O/c32-31(33)10-12-39(13-11-31)20-22-14-24(18-34-17-22)23-6-9-28-27(16-23)29(38-37-28)30(40)36-26-8-7-25(35-19-26)15-21-4-2-1-3-5-21;31-30(32)10-11-38(19-30)18-21-12-23(16-33-15-21)22-6-9-27-26(14-22)28(37-36-27)29(39)35-25-8-7-24(34-17-25)13-20-4-2-1-3-5-20;36-29(32-24-10-9-23(31-18-24)14-20-6-2-1-3-7-20)28-26-16-21(8-11-27(26)33-34-28)22-15-25(19-30-17-22)35-12-4-5-13-35;26-19-11-18(13-27-14-19)17-6-9-23-22(12-17)24(31-30-23)25(32)29-21-8-7-20(28-15-21)10-16-4-2-1-3-5-16/h1-9,14,16-19H,10-13,15,20H2,(H,36,40)(H,37,38);1-9,12,14-17H,10-11,13,18-19H2,(H,35,39)(H,36,37);1-3,6-11,15-19H,4-5,12-14H2,(H,32,36)(H,33,34);1-9,11-15H,10,26H2,(H,29,32)(H,30,31). The largest absolute Gasteiger partial charge is 0.397 e. The highest BCUT2D eigenvalue weighted by Crippen LogP contribution is 2.37. The number of likely N-dealkylation sites (tertiary alicyclic amines) is 2. The van der Waals surface area contributed by atoms with Crippen LogP contribution in [0.1, 0.15) is 130 Å². The number of rotatable bonds is 25. The second kappa shape index (κ2) is 44.2. The molecule has 732 valence electrons. The molecule has 3 fully saturated rings. The number of carbonyl (C=O) groups excluding carboxylic acids is 4. The number of aromatic nitrogens is 16. The highest BCUT2D eigenvalue weighted by molar-refractivity contribution is 6.15. The molecule has 15 heterocycles. The molecule has 8 aromatic carbocycles. The number of benzene rings is 8. The average Bonchev–Trinajstić information content (AvgIpc) is 1.67. The van der Waals surface area contributed by atoms with Crippen molar-refractivity contribution in [3.63, 3.8) is 0 Å². The van der Waals surface area contributed by atoms with Crippen LogP contribution < -0.4 is 31.9 Å². The fourth-order valence-electron chi connectivity index (χ4n) is 18.2. The number of hydrogen-bond acceptors (Lipinski definition) is 20. The molecule has 3 saturated heterocycles. The van der Waals surface area contributed by atoms with Gasteiger partial charge in [0.05, 0.1) is 93.7 Å². The van der Waals surface area contributed by atoms with Gasteiger partial charge in [-0.3, -0.25) is 89.2 Å². The lowest BCUT2D eigenvalue weighted by molar-refractivity contribution is -0.0566. The molecule has 12 aromatic heterocycles. The van der Waals surface area contributed by atoms with Crippen LogP contribution in [0.25, 0.3) is 88.1 Å². The maximum Gasteiger partial charge on any atom is 0.276 e. The molecular formula is C115H100F4N24O4. The van der Waals surface area contributed by atoms with E-state index in [4.69, 9.17) is 5.73 Å². The van der Waals surface area contributed by atoms with E-state index < -0.39 is 11.8 Å². The number of hydrogen-bond donors (Lipinski definition) is 9. The van der Waals surface area contributed by atoms with Crippen molar-refractivity contribution in [2.45, 2.75) is 82.7 Å².